The predicted octanol–water partition coefficient (Wildman–Crippen LogP) is 1.07. The van der Waals surface area contributed by atoms with Crippen LogP contribution in [0.4, 0.5) is 0 Å². The van der Waals surface area contributed by atoms with Crippen molar-refractivity contribution >= 4 is 15.9 Å². The second-order valence-electron chi connectivity index (χ2n) is 3.05. The molecule has 6 nitrogen and oxygen atoms in total. The van der Waals surface area contributed by atoms with Crippen LogP contribution in [-0.4, -0.2) is 27.0 Å². The molecule has 0 spiro atoms. The lowest BCUT2D eigenvalue weighted by molar-refractivity contribution is 0.180. The zero-order chi connectivity index (χ0) is 11.5. The Bertz CT molecular complexity index is 535. The van der Waals surface area contributed by atoms with Crippen LogP contribution >= 0.6 is 15.9 Å². The van der Waals surface area contributed by atoms with E-state index in [9.17, 15) is 4.79 Å². The lowest BCUT2D eigenvalue weighted by Crippen LogP contribution is -2.14. The molecule has 2 heterocycles. The first-order valence-corrected chi connectivity index (χ1v) is 5.29. The van der Waals surface area contributed by atoms with Crippen LogP contribution < -0.4 is 5.56 Å². The lowest BCUT2D eigenvalue weighted by Gasteiger charge is -2.03. The molecule has 0 radical (unpaired) electrons. The van der Waals surface area contributed by atoms with Crippen LogP contribution in [0.15, 0.2) is 21.7 Å². The van der Waals surface area contributed by atoms with E-state index in [0.29, 0.717) is 21.8 Å². The lowest BCUT2D eigenvalue weighted by atomic mass is 10.4. The number of nitrogens with one attached hydrogen (secondary N) is 2. The van der Waals surface area contributed by atoms with Crippen molar-refractivity contribution in [3.8, 4) is 11.6 Å². The van der Waals surface area contributed by atoms with Gasteiger partial charge in [-0.1, -0.05) is 0 Å². The smallest absolute Gasteiger partial charge is 0.265 e. The van der Waals surface area contributed by atoms with Gasteiger partial charge >= 0.3 is 0 Å². The molecular formula is C9H9BrN4O2. The summed E-state index contributed by atoms with van der Waals surface area (Å²) in [5.74, 6) is 0.909. The summed E-state index contributed by atoms with van der Waals surface area (Å²) in [6, 6.07) is 0. The molecule has 0 amide bonds. The number of hydrogen-bond donors (Lipinski definition) is 2. The third-order valence-corrected chi connectivity index (χ3v) is 2.75. The van der Waals surface area contributed by atoms with Gasteiger partial charge in [-0.05, 0) is 15.9 Å². The maximum Gasteiger partial charge on any atom is 0.265 e. The van der Waals surface area contributed by atoms with Gasteiger partial charge in [-0.15, -0.1) is 0 Å². The number of methoxy groups -OCH3 is 1. The summed E-state index contributed by atoms with van der Waals surface area (Å²) in [5, 5.41) is 0. The van der Waals surface area contributed by atoms with Crippen molar-refractivity contribution in [1.82, 2.24) is 19.9 Å². The van der Waals surface area contributed by atoms with E-state index >= 15 is 0 Å². The fourth-order valence-electron chi connectivity index (χ4n) is 1.24. The second kappa shape index (κ2) is 4.58. The largest absolute Gasteiger partial charge is 0.378 e. The van der Waals surface area contributed by atoms with E-state index in [4.69, 9.17) is 4.74 Å². The highest BCUT2D eigenvalue weighted by Gasteiger charge is 2.11. The molecule has 2 aromatic rings. The van der Waals surface area contributed by atoms with Gasteiger partial charge in [0, 0.05) is 19.5 Å². The van der Waals surface area contributed by atoms with Gasteiger partial charge in [0.25, 0.3) is 5.56 Å². The second-order valence-corrected chi connectivity index (χ2v) is 3.84. The number of halogens is 1. The molecule has 0 aliphatic carbocycles. The zero-order valence-corrected chi connectivity index (χ0v) is 10.0. The quantitative estimate of drug-likeness (QED) is 0.883. The standard InChI is InChI=1S/C9H9BrN4O2/c1-16-4-5-6(10)9(15)14-8(13-5)7-11-2-3-12-7/h2-3H,4H2,1H3,(H,11,12)(H,13,14,15). The van der Waals surface area contributed by atoms with Gasteiger partial charge in [0.15, 0.2) is 11.6 Å². The minimum atomic E-state index is -0.256. The fraction of sp³-hybridized carbons (Fsp3) is 0.222. The Balaban J connectivity index is 2.53. The fourth-order valence-corrected chi connectivity index (χ4v) is 1.55. The molecule has 0 saturated carbocycles. The van der Waals surface area contributed by atoms with Gasteiger partial charge in [-0.2, -0.15) is 0 Å². The van der Waals surface area contributed by atoms with Crippen LogP contribution in [0, 0.1) is 0 Å². The number of aromatic nitrogens is 4. The summed E-state index contributed by atoms with van der Waals surface area (Å²) in [6.45, 7) is 0.262. The van der Waals surface area contributed by atoms with E-state index in [1.54, 1.807) is 19.5 Å². The summed E-state index contributed by atoms with van der Waals surface area (Å²) < 4.78 is 5.34. The molecule has 2 rings (SSSR count). The molecule has 2 N–H and O–H groups in total. The SMILES string of the molecule is COCc1nc(-c2ncc[nH]2)[nH]c(=O)c1Br. The van der Waals surface area contributed by atoms with E-state index in [-0.39, 0.29) is 12.2 Å². The van der Waals surface area contributed by atoms with Crippen LogP contribution in [0.1, 0.15) is 5.69 Å². The van der Waals surface area contributed by atoms with Crippen LogP contribution in [0.25, 0.3) is 11.6 Å². The first kappa shape index (κ1) is 11.0. The molecule has 0 fully saturated rings. The van der Waals surface area contributed by atoms with Crippen molar-refractivity contribution in [2.75, 3.05) is 7.11 Å². The van der Waals surface area contributed by atoms with Crippen LogP contribution in [-0.2, 0) is 11.3 Å². The van der Waals surface area contributed by atoms with Crippen molar-refractivity contribution in [2.45, 2.75) is 6.61 Å². The van der Waals surface area contributed by atoms with E-state index in [1.165, 1.54) is 0 Å². The molecule has 2 aromatic heterocycles. The average Bonchev–Trinajstić information content (AvgIpc) is 2.78. The van der Waals surface area contributed by atoms with E-state index in [2.05, 4.69) is 35.9 Å². The van der Waals surface area contributed by atoms with Gasteiger partial charge in [-0.25, -0.2) is 9.97 Å². The number of nitrogens with zero attached hydrogens (tertiary/aromatic N) is 2. The Labute approximate surface area is 99.2 Å². The average molecular weight is 285 g/mol. The van der Waals surface area contributed by atoms with Gasteiger partial charge in [0.1, 0.15) is 4.47 Å². The topological polar surface area (TPSA) is 83.7 Å². The minimum absolute atomic E-state index is 0.256. The molecule has 0 aliphatic heterocycles. The number of imidazole rings is 1. The highest BCUT2D eigenvalue weighted by atomic mass is 79.9. The summed E-state index contributed by atoms with van der Waals surface area (Å²) >= 11 is 3.16. The molecule has 0 aliphatic rings. The third-order valence-electron chi connectivity index (χ3n) is 1.93. The van der Waals surface area contributed by atoms with Crippen molar-refractivity contribution in [2.24, 2.45) is 0 Å². The van der Waals surface area contributed by atoms with E-state index in [0.717, 1.165) is 0 Å². The number of aromatic amines is 2. The molecule has 16 heavy (non-hydrogen) atoms. The van der Waals surface area contributed by atoms with Crippen molar-refractivity contribution in [3.63, 3.8) is 0 Å². The first-order chi connectivity index (χ1) is 7.72. The number of rotatable bonds is 3. The molecule has 7 heteroatoms. The molecule has 0 saturated heterocycles. The first-order valence-electron chi connectivity index (χ1n) is 4.49. The summed E-state index contributed by atoms with van der Waals surface area (Å²) in [5.41, 5.74) is 0.283. The Morgan fingerprint density at radius 3 is 2.94 bits per heavy atom. The monoisotopic (exact) mass is 284 g/mol. The van der Waals surface area contributed by atoms with Crippen molar-refractivity contribution in [1.29, 1.82) is 0 Å². The zero-order valence-electron chi connectivity index (χ0n) is 8.45. The van der Waals surface area contributed by atoms with E-state index < -0.39 is 0 Å². The van der Waals surface area contributed by atoms with Crippen LogP contribution in [0.2, 0.25) is 0 Å². The number of hydrogen-bond acceptors (Lipinski definition) is 4. The Hall–Kier alpha value is -1.47. The Morgan fingerprint density at radius 2 is 2.31 bits per heavy atom. The van der Waals surface area contributed by atoms with Gasteiger partial charge in [-0.3, -0.25) is 4.79 Å². The number of ether oxygens (including phenoxy) is 1. The van der Waals surface area contributed by atoms with Gasteiger partial charge in [0.05, 0.1) is 12.3 Å². The van der Waals surface area contributed by atoms with Gasteiger partial charge in [0.2, 0.25) is 0 Å². The minimum Gasteiger partial charge on any atom is -0.378 e. The van der Waals surface area contributed by atoms with Crippen LogP contribution in [0.5, 0.6) is 0 Å². The molecule has 0 atom stereocenters. The Kier molecular flexibility index (Phi) is 3.16. The molecule has 0 aromatic carbocycles. The molecular weight excluding hydrogens is 276 g/mol. The molecule has 0 bridgehead atoms. The van der Waals surface area contributed by atoms with Crippen molar-refractivity contribution < 1.29 is 4.74 Å². The number of H-pyrrole nitrogens is 2. The van der Waals surface area contributed by atoms with E-state index in [1.807, 2.05) is 0 Å². The highest BCUT2D eigenvalue weighted by Crippen LogP contribution is 2.13. The predicted molar refractivity (Wildman–Crippen MR) is 60.9 cm³/mol. The van der Waals surface area contributed by atoms with Crippen LogP contribution in [0.3, 0.4) is 0 Å². The Morgan fingerprint density at radius 1 is 1.50 bits per heavy atom. The van der Waals surface area contributed by atoms with Crippen molar-refractivity contribution in [3.05, 3.63) is 32.9 Å². The molecule has 0 unspecified atom stereocenters. The highest BCUT2D eigenvalue weighted by molar-refractivity contribution is 9.10. The normalized spacial score (nSPS) is 10.6. The maximum atomic E-state index is 11.6. The maximum absolute atomic E-state index is 11.6. The van der Waals surface area contributed by atoms with Gasteiger partial charge < -0.3 is 14.7 Å². The summed E-state index contributed by atoms with van der Waals surface area (Å²) in [7, 11) is 1.54. The summed E-state index contributed by atoms with van der Waals surface area (Å²) in [6.07, 6.45) is 3.25. The third kappa shape index (κ3) is 2.05. The molecule has 84 valence electrons. The summed E-state index contributed by atoms with van der Waals surface area (Å²) in [4.78, 5) is 25.3.